The second-order valence-corrected chi connectivity index (χ2v) is 13.0. The SMILES string of the molecule is CC(C)(C)c1ccc2c(c1)c(C(C1=C=CC=C1)(c1ccccc1)c1ccccc1)[c-]1cc(C(C)(C)C)ccc21. The molecule has 5 aromatic carbocycles. The van der Waals surface area contributed by atoms with E-state index in [0.717, 1.165) is 0 Å². The minimum Gasteiger partial charge on any atom is -0.125 e. The van der Waals surface area contributed by atoms with Gasteiger partial charge in [0.05, 0.1) is 5.41 Å². The first kappa shape index (κ1) is 25.3. The summed E-state index contributed by atoms with van der Waals surface area (Å²) in [6.07, 6.45) is 6.45. The molecule has 1 aliphatic carbocycles. The van der Waals surface area contributed by atoms with Gasteiger partial charge in [-0.15, -0.1) is 45.7 Å². The maximum Gasteiger partial charge on any atom is 0.0644 e. The maximum absolute atomic E-state index is 3.68. The van der Waals surface area contributed by atoms with Crippen molar-refractivity contribution < 1.29 is 0 Å². The van der Waals surface area contributed by atoms with Crippen molar-refractivity contribution >= 4 is 21.5 Å². The Labute approximate surface area is 233 Å². The van der Waals surface area contributed by atoms with E-state index in [0.29, 0.717) is 0 Å². The zero-order valence-electron chi connectivity index (χ0n) is 24.0. The second kappa shape index (κ2) is 9.04. The van der Waals surface area contributed by atoms with Crippen molar-refractivity contribution in [3.8, 4) is 0 Å². The molecule has 0 aromatic heterocycles. The van der Waals surface area contributed by atoms with Crippen molar-refractivity contribution in [2.45, 2.75) is 57.8 Å². The number of hydrogen-bond donors (Lipinski definition) is 0. The lowest BCUT2D eigenvalue weighted by molar-refractivity contribution is 0.591. The summed E-state index contributed by atoms with van der Waals surface area (Å²) in [5, 5.41) is 5.28. The third-order valence-corrected chi connectivity index (χ3v) is 8.39. The fraction of sp³-hybridized carbons (Fsp3) is 0.231. The normalized spacial score (nSPS) is 13.9. The van der Waals surface area contributed by atoms with Gasteiger partial charge in [-0.1, -0.05) is 143 Å². The van der Waals surface area contributed by atoms with Gasteiger partial charge >= 0.3 is 0 Å². The highest BCUT2D eigenvalue weighted by Gasteiger charge is 2.40. The number of rotatable bonds is 4. The Kier molecular flexibility index (Phi) is 5.87. The molecular formula is C39H37-. The Morgan fingerprint density at radius 2 is 1.18 bits per heavy atom. The van der Waals surface area contributed by atoms with Crippen molar-refractivity contribution in [2.24, 2.45) is 0 Å². The largest absolute Gasteiger partial charge is 0.125 e. The molecule has 39 heavy (non-hydrogen) atoms. The van der Waals surface area contributed by atoms with Gasteiger partial charge in [0.2, 0.25) is 0 Å². The first-order chi connectivity index (χ1) is 18.6. The average molecular weight is 506 g/mol. The average Bonchev–Trinajstić information content (AvgIpc) is 3.57. The van der Waals surface area contributed by atoms with Crippen LogP contribution in [0.4, 0.5) is 0 Å². The van der Waals surface area contributed by atoms with Crippen molar-refractivity contribution in [2.75, 3.05) is 0 Å². The van der Waals surface area contributed by atoms with Crippen LogP contribution in [0.1, 0.15) is 69.4 Å². The molecule has 5 aromatic rings. The van der Waals surface area contributed by atoms with Gasteiger partial charge in [-0.25, -0.2) is 0 Å². The summed E-state index contributed by atoms with van der Waals surface area (Å²) in [4.78, 5) is 0. The van der Waals surface area contributed by atoms with E-state index in [1.165, 1.54) is 54.9 Å². The topological polar surface area (TPSA) is 0 Å². The minimum atomic E-state index is -0.529. The first-order valence-corrected chi connectivity index (χ1v) is 14.0. The lowest BCUT2D eigenvalue weighted by atomic mass is 9.64. The van der Waals surface area contributed by atoms with Crippen molar-refractivity contribution in [1.82, 2.24) is 0 Å². The van der Waals surface area contributed by atoms with Crippen LogP contribution in [0.3, 0.4) is 0 Å². The van der Waals surface area contributed by atoms with Gasteiger partial charge < -0.3 is 0 Å². The molecular weight excluding hydrogens is 468 g/mol. The molecule has 0 saturated heterocycles. The molecule has 0 amide bonds. The highest BCUT2D eigenvalue weighted by Crippen LogP contribution is 2.53. The predicted molar refractivity (Wildman–Crippen MR) is 168 cm³/mol. The van der Waals surface area contributed by atoms with E-state index in [-0.39, 0.29) is 10.8 Å². The molecule has 0 heteroatoms. The molecule has 194 valence electrons. The van der Waals surface area contributed by atoms with Gasteiger partial charge in [0, 0.05) is 5.57 Å². The summed E-state index contributed by atoms with van der Waals surface area (Å²) >= 11 is 0. The van der Waals surface area contributed by atoms with Crippen LogP contribution in [-0.2, 0) is 16.2 Å². The summed E-state index contributed by atoms with van der Waals surface area (Å²) in [7, 11) is 0. The molecule has 0 atom stereocenters. The van der Waals surface area contributed by atoms with Crippen LogP contribution < -0.4 is 0 Å². The second-order valence-electron chi connectivity index (χ2n) is 13.0. The molecule has 0 radical (unpaired) electrons. The zero-order valence-corrected chi connectivity index (χ0v) is 24.0. The van der Waals surface area contributed by atoms with E-state index >= 15 is 0 Å². The number of benzene rings is 4. The molecule has 0 heterocycles. The summed E-state index contributed by atoms with van der Waals surface area (Å²) in [5.74, 6) is 0. The Morgan fingerprint density at radius 1 is 0.590 bits per heavy atom. The van der Waals surface area contributed by atoms with Gasteiger partial charge in [-0.2, -0.15) is 0 Å². The molecule has 0 bridgehead atoms. The van der Waals surface area contributed by atoms with Gasteiger partial charge in [-0.05, 0) is 34.1 Å². The zero-order chi connectivity index (χ0) is 27.4. The Balaban J connectivity index is 1.89. The van der Waals surface area contributed by atoms with E-state index in [9.17, 15) is 0 Å². The van der Waals surface area contributed by atoms with Gasteiger partial charge in [0.25, 0.3) is 0 Å². The van der Waals surface area contributed by atoms with E-state index in [2.05, 4.69) is 163 Å². The molecule has 0 saturated carbocycles. The lowest BCUT2D eigenvalue weighted by Crippen LogP contribution is -2.31. The maximum atomic E-state index is 3.68. The van der Waals surface area contributed by atoms with Crippen LogP contribution in [0, 0.1) is 0 Å². The summed E-state index contributed by atoms with van der Waals surface area (Å²) in [6, 6.07) is 36.4. The molecule has 0 N–H and O–H groups in total. The van der Waals surface area contributed by atoms with Crippen LogP contribution in [0.25, 0.3) is 21.5 Å². The Hall–Kier alpha value is -3.99. The lowest BCUT2D eigenvalue weighted by Gasteiger charge is -2.39. The summed E-state index contributed by atoms with van der Waals surface area (Å²) in [5.41, 5.74) is 11.0. The van der Waals surface area contributed by atoms with Crippen molar-refractivity contribution in [1.29, 1.82) is 0 Å². The molecule has 0 unspecified atom stereocenters. The number of fused-ring (bicyclic) bond motifs is 3. The fourth-order valence-corrected chi connectivity index (χ4v) is 6.29. The third-order valence-electron chi connectivity index (χ3n) is 8.39. The van der Waals surface area contributed by atoms with Crippen LogP contribution in [0.5, 0.6) is 0 Å². The molecule has 0 spiro atoms. The van der Waals surface area contributed by atoms with E-state index in [1.807, 2.05) is 0 Å². The predicted octanol–water partition coefficient (Wildman–Crippen LogP) is 10.3. The third kappa shape index (κ3) is 4.03. The van der Waals surface area contributed by atoms with E-state index in [1.54, 1.807) is 0 Å². The van der Waals surface area contributed by atoms with Crippen molar-refractivity contribution in [3.05, 3.63) is 154 Å². The minimum absolute atomic E-state index is 0.0417. The molecule has 0 fully saturated rings. The Morgan fingerprint density at radius 3 is 1.72 bits per heavy atom. The molecule has 6 rings (SSSR count). The van der Waals surface area contributed by atoms with Crippen LogP contribution in [0.2, 0.25) is 0 Å². The van der Waals surface area contributed by atoms with E-state index < -0.39 is 5.41 Å². The highest BCUT2D eigenvalue weighted by atomic mass is 14.4. The molecule has 1 aliphatic rings. The standard InChI is InChI=1S/C39H37/c1-37(2,3)30-21-23-32-33-24-22-31(38(4,5)6)26-35(33)36(34(32)25-30)39(29-19-13-14-20-29,27-15-9-7-10-16-27)28-17-11-8-12-18-28/h7-19,21-26H,1-6H3/q-1. The molecule has 0 aliphatic heterocycles. The first-order valence-electron chi connectivity index (χ1n) is 14.0. The quantitative estimate of drug-likeness (QED) is 0.168. The number of hydrogen-bond acceptors (Lipinski definition) is 0. The fourth-order valence-electron chi connectivity index (χ4n) is 6.29. The van der Waals surface area contributed by atoms with Crippen LogP contribution in [0.15, 0.2) is 127 Å². The summed E-state index contributed by atoms with van der Waals surface area (Å²) < 4.78 is 0. The van der Waals surface area contributed by atoms with Crippen LogP contribution >= 0.6 is 0 Å². The Bertz CT molecular complexity index is 1660. The highest BCUT2D eigenvalue weighted by molar-refractivity contribution is 6.17. The summed E-state index contributed by atoms with van der Waals surface area (Å²) in [6.45, 7) is 13.8. The number of allylic oxidation sites excluding steroid dienone is 3. The van der Waals surface area contributed by atoms with Gasteiger partial charge in [-0.3, -0.25) is 0 Å². The molecule has 0 nitrogen and oxygen atoms in total. The van der Waals surface area contributed by atoms with Crippen molar-refractivity contribution in [3.63, 3.8) is 0 Å². The van der Waals surface area contributed by atoms with Gasteiger partial charge in [0.15, 0.2) is 0 Å². The van der Waals surface area contributed by atoms with E-state index in [4.69, 9.17) is 0 Å². The van der Waals surface area contributed by atoms with Gasteiger partial charge in [0.1, 0.15) is 0 Å². The monoisotopic (exact) mass is 505 g/mol. The smallest absolute Gasteiger partial charge is 0.0644 e. The van der Waals surface area contributed by atoms with Crippen LogP contribution in [-0.4, -0.2) is 0 Å².